The average Bonchev–Trinajstić information content (AvgIpc) is 3.07. The van der Waals surface area contributed by atoms with E-state index in [1.54, 1.807) is 32.2 Å². The Labute approximate surface area is 188 Å². The number of amides is 1. The summed E-state index contributed by atoms with van der Waals surface area (Å²) in [6.45, 7) is 3.63. The number of hydrogen-bond donors (Lipinski definition) is 2. The molecule has 2 atom stereocenters. The number of nitrogen functional groups attached to an aromatic ring is 1. The molecular formula is C20H21Cl2N5O2S. The van der Waals surface area contributed by atoms with Crippen LogP contribution in [0.1, 0.15) is 25.5 Å². The van der Waals surface area contributed by atoms with E-state index in [-0.39, 0.29) is 11.9 Å². The van der Waals surface area contributed by atoms with E-state index in [4.69, 9.17) is 33.8 Å². The zero-order valence-electron chi connectivity index (χ0n) is 16.6. The van der Waals surface area contributed by atoms with Crippen LogP contribution in [-0.4, -0.2) is 33.1 Å². The number of ether oxygens (including phenoxy) is 1. The monoisotopic (exact) mass is 465 g/mol. The third-order valence-corrected chi connectivity index (χ3v) is 6.07. The lowest BCUT2D eigenvalue weighted by atomic mass is 10.1. The number of benzene rings is 2. The number of methoxy groups -OCH3 is 1. The molecule has 7 nitrogen and oxygen atoms in total. The molecule has 0 radical (unpaired) electrons. The van der Waals surface area contributed by atoms with Crippen LogP contribution in [0, 0.1) is 0 Å². The number of nitrogens with one attached hydrogen (secondary N) is 1. The fraction of sp³-hybridized carbons (Fsp3) is 0.250. The number of halogens is 2. The number of thioether (sulfide) groups is 1. The summed E-state index contributed by atoms with van der Waals surface area (Å²) in [5.74, 6) is 7.09. The molecule has 10 heteroatoms. The highest BCUT2D eigenvalue weighted by Crippen LogP contribution is 2.31. The molecule has 0 fully saturated rings. The van der Waals surface area contributed by atoms with Gasteiger partial charge in [-0.3, -0.25) is 4.79 Å². The number of hydrogen-bond acceptors (Lipinski definition) is 6. The van der Waals surface area contributed by atoms with Gasteiger partial charge in [0, 0.05) is 10.0 Å². The topological polar surface area (TPSA) is 95.1 Å². The van der Waals surface area contributed by atoms with Crippen LogP contribution in [0.15, 0.2) is 47.6 Å². The number of carbonyl (C=O) groups is 1. The minimum absolute atomic E-state index is 0.180. The predicted octanol–water partition coefficient (Wildman–Crippen LogP) is 4.33. The van der Waals surface area contributed by atoms with E-state index < -0.39 is 5.25 Å². The van der Waals surface area contributed by atoms with Crippen molar-refractivity contribution < 1.29 is 9.53 Å². The number of para-hydroxylation sites is 1. The van der Waals surface area contributed by atoms with E-state index in [0.717, 1.165) is 5.56 Å². The third-order valence-electron chi connectivity index (χ3n) is 4.45. The minimum Gasteiger partial charge on any atom is -0.496 e. The van der Waals surface area contributed by atoms with E-state index in [2.05, 4.69) is 15.5 Å². The van der Waals surface area contributed by atoms with Gasteiger partial charge in [0.2, 0.25) is 11.1 Å². The molecule has 3 aromatic rings. The Bertz CT molecular complexity index is 1060. The highest BCUT2D eigenvalue weighted by molar-refractivity contribution is 8.00. The van der Waals surface area contributed by atoms with Gasteiger partial charge in [-0.1, -0.05) is 53.2 Å². The van der Waals surface area contributed by atoms with Crippen LogP contribution in [-0.2, 0) is 4.79 Å². The van der Waals surface area contributed by atoms with Gasteiger partial charge in [-0.05, 0) is 43.7 Å². The van der Waals surface area contributed by atoms with Crippen molar-refractivity contribution in [2.75, 3.05) is 13.0 Å². The highest BCUT2D eigenvalue weighted by atomic mass is 35.5. The molecule has 1 aromatic heterocycles. The second-order valence-electron chi connectivity index (χ2n) is 6.53. The lowest BCUT2D eigenvalue weighted by molar-refractivity contribution is -0.120. The van der Waals surface area contributed by atoms with Crippen LogP contribution in [0.4, 0.5) is 0 Å². The summed E-state index contributed by atoms with van der Waals surface area (Å²) in [6.07, 6.45) is 0. The fourth-order valence-corrected chi connectivity index (χ4v) is 4.19. The molecular weight excluding hydrogens is 445 g/mol. The van der Waals surface area contributed by atoms with E-state index >= 15 is 0 Å². The van der Waals surface area contributed by atoms with Crippen molar-refractivity contribution in [1.29, 1.82) is 0 Å². The second kappa shape index (κ2) is 9.59. The molecule has 0 bridgehead atoms. The number of nitrogens with zero attached hydrogens (tertiary/aromatic N) is 3. The molecule has 3 rings (SSSR count). The molecule has 0 aliphatic heterocycles. The molecule has 2 aromatic carbocycles. The van der Waals surface area contributed by atoms with Crippen molar-refractivity contribution in [3.8, 4) is 17.1 Å². The molecule has 3 N–H and O–H groups in total. The molecule has 158 valence electrons. The zero-order valence-corrected chi connectivity index (χ0v) is 18.9. The summed E-state index contributed by atoms with van der Waals surface area (Å²) in [6, 6.07) is 12.3. The summed E-state index contributed by atoms with van der Waals surface area (Å²) < 4.78 is 6.71. The van der Waals surface area contributed by atoms with E-state index in [1.165, 1.54) is 16.4 Å². The Morgan fingerprint density at radius 1 is 1.20 bits per heavy atom. The molecule has 0 saturated heterocycles. The van der Waals surface area contributed by atoms with Crippen molar-refractivity contribution >= 4 is 40.9 Å². The molecule has 1 heterocycles. The minimum atomic E-state index is -0.462. The second-order valence-corrected chi connectivity index (χ2v) is 8.68. The molecule has 0 saturated carbocycles. The molecule has 2 unspecified atom stereocenters. The lowest BCUT2D eigenvalue weighted by Crippen LogP contribution is -2.33. The first-order chi connectivity index (χ1) is 14.3. The summed E-state index contributed by atoms with van der Waals surface area (Å²) in [5.41, 5.74) is 1.50. The largest absolute Gasteiger partial charge is 0.496 e. The summed E-state index contributed by atoms with van der Waals surface area (Å²) >= 11 is 13.4. The summed E-state index contributed by atoms with van der Waals surface area (Å²) in [5, 5.41) is 12.2. The van der Waals surface area contributed by atoms with Gasteiger partial charge in [-0.25, -0.2) is 4.68 Å². The van der Waals surface area contributed by atoms with Crippen LogP contribution in [0.3, 0.4) is 0 Å². The number of carbonyl (C=O) groups excluding carboxylic acids is 1. The standard InChI is InChI=1S/C20H21Cl2N5O2S/c1-11(14-9-8-13(21)10-16(14)22)24-19(28)12(2)30-20-26-25-18(27(20)23)15-6-4-5-7-17(15)29-3/h4-12H,23H2,1-3H3,(H,24,28). The maximum Gasteiger partial charge on any atom is 0.233 e. The number of aromatic nitrogens is 3. The Hall–Kier alpha value is -2.42. The van der Waals surface area contributed by atoms with E-state index in [1.807, 2.05) is 31.2 Å². The van der Waals surface area contributed by atoms with Crippen LogP contribution < -0.4 is 15.9 Å². The van der Waals surface area contributed by atoms with Gasteiger partial charge in [0.15, 0.2) is 5.82 Å². The van der Waals surface area contributed by atoms with Gasteiger partial charge < -0.3 is 15.9 Å². The van der Waals surface area contributed by atoms with Crippen LogP contribution in [0.2, 0.25) is 10.0 Å². The van der Waals surface area contributed by atoms with Crippen molar-refractivity contribution in [2.24, 2.45) is 0 Å². The van der Waals surface area contributed by atoms with Gasteiger partial charge >= 0.3 is 0 Å². The average molecular weight is 466 g/mol. The van der Waals surface area contributed by atoms with Crippen LogP contribution >= 0.6 is 35.0 Å². The third kappa shape index (κ3) is 4.83. The maximum absolute atomic E-state index is 12.7. The Morgan fingerprint density at radius 2 is 1.93 bits per heavy atom. The van der Waals surface area contributed by atoms with Gasteiger partial charge in [0.25, 0.3) is 0 Å². The quantitative estimate of drug-likeness (QED) is 0.398. The zero-order chi connectivity index (χ0) is 21.8. The van der Waals surface area contributed by atoms with Gasteiger partial charge in [-0.15, -0.1) is 10.2 Å². The predicted molar refractivity (Wildman–Crippen MR) is 120 cm³/mol. The van der Waals surface area contributed by atoms with Crippen molar-refractivity contribution in [1.82, 2.24) is 20.2 Å². The van der Waals surface area contributed by atoms with Crippen molar-refractivity contribution in [3.63, 3.8) is 0 Å². The van der Waals surface area contributed by atoms with E-state index in [9.17, 15) is 4.79 Å². The molecule has 0 aliphatic rings. The van der Waals surface area contributed by atoms with Crippen molar-refractivity contribution in [3.05, 3.63) is 58.1 Å². The SMILES string of the molecule is COc1ccccc1-c1nnc(SC(C)C(=O)NC(C)c2ccc(Cl)cc2Cl)n1N. The fourth-order valence-electron chi connectivity index (χ4n) is 2.84. The Balaban J connectivity index is 1.71. The molecule has 0 aliphatic carbocycles. The number of nitrogens with two attached hydrogens (primary N) is 1. The van der Waals surface area contributed by atoms with Gasteiger partial charge in [0.05, 0.1) is 24.0 Å². The molecule has 0 spiro atoms. The smallest absolute Gasteiger partial charge is 0.233 e. The number of rotatable bonds is 7. The van der Waals surface area contributed by atoms with Gasteiger partial charge in [-0.2, -0.15) is 0 Å². The molecule has 30 heavy (non-hydrogen) atoms. The Kier molecular flexibility index (Phi) is 7.12. The van der Waals surface area contributed by atoms with Crippen molar-refractivity contribution in [2.45, 2.75) is 30.3 Å². The first kappa shape index (κ1) is 22.3. The van der Waals surface area contributed by atoms with Gasteiger partial charge in [0.1, 0.15) is 5.75 Å². The lowest BCUT2D eigenvalue weighted by Gasteiger charge is -2.18. The van der Waals surface area contributed by atoms with E-state index in [0.29, 0.717) is 32.3 Å². The molecule has 1 amide bonds. The van der Waals surface area contributed by atoms with Crippen LogP contribution in [0.25, 0.3) is 11.4 Å². The normalized spacial score (nSPS) is 13.0. The summed E-state index contributed by atoms with van der Waals surface area (Å²) in [7, 11) is 1.58. The summed E-state index contributed by atoms with van der Waals surface area (Å²) in [4.78, 5) is 12.7. The first-order valence-electron chi connectivity index (χ1n) is 9.07. The first-order valence-corrected chi connectivity index (χ1v) is 10.7. The maximum atomic E-state index is 12.7. The van der Waals surface area contributed by atoms with Crippen LogP contribution in [0.5, 0.6) is 5.75 Å². The highest BCUT2D eigenvalue weighted by Gasteiger charge is 2.23. The Morgan fingerprint density at radius 3 is 2.63 bits per heavy atom.